The first-order valence-electron chi connectivity index (χ1n) is 10.1. The first-order chi connectivity index (χ1) is 13.8. The standard InChI is InChI=1S/C23H27F3N2O/c1-3-17-8-6-7-16(2)22(17)27-21(29)15-28-14-5-4-9-20(28)18-10-12-19(13-11-18)23(24,25)26/h6-8,10-13,20H,3-5,9,14-15H2,1-2H3,(H,27,29). The second-order valence-electron chi connectivity index (χ2n) is 7.61. The van der Waals surface area contributed by atoms with Gasteiger partial charge < -0.3 is 5.32 Å². The van der Waals surface area contributed by atoms with Crippen LogP contribution in [0.4, 0.5) is 18.9 Å². The number of nitrogens with one attached hydrogen (secondary N) is 1. The summed E-state index contributed by atoms with van der Waals surface area (Å²) in [5.74, 6) is -0.0900. The average molecular weight is 404 g/mol. The highest BCUT2D eigenvalue weighted by Crippen LogP contribution is 2.34. The third-order valence-electron chi connectivity index (χ3n) is 5.59. The smallest absolute Gasteiger partial charge is 0.324 e. The molecule has 2 aromatic carbocycles. The SMILES string of the molecule is CCc1cccc(C)c1NC(=O)CN1CCCCC1c1ccc(C(F)(F)F)cc1. The van der Waals surface area contributed by atoms with E-state index in [4.69, 9.17) is 0 Å². The summed E-state index contributed by atoms with van der Waals surface area (Å²) < 4.78 is 38.5. The molecule has 6 heteroatoms. The fourth-order valence-electron chi connectivity index (χ4n) is 4.02. The molecule has 0 spiro atoms. The van der Waals surface area contributed by atoms with Gasteiger partial charge in [0.2, 0.25) is 5.91 Å². The van der Waals surface area contributed by atoms with Crippen molar-refractivity contribution in [2.45, 2.75) is 51.7 Å². The largest absolute Gasteiger partial charge is 0.416 e. The number of anilines is 1. The zero-order valence-electron chi connectivity index (χ0n) is 16.9. The molecule has 1 fully saturated rings. The number of carbonyl (C=O) groups is 1. The second kappa shape index (κ2) is 8.99. The summed E-state index contributed by atoms with van der Waals surface area (Å²) in [5.41, 5.74) is 3.17. The number of nitrogens with zero attached hydrogens (tertiary/aromatic N) is 1. The fraction of sp³-hybridized carbons (Fsp3) is 0.435. The van der Waals surface area contributed by atoms with Crippen molar-refractivity contribution >= 4 is 11.6 Å². The van der Waals surface area contributed by atoms with Crippen LogP contribution in [0.3, 0.4) is 0 Å². The monoisotopic (exact) mass is 404 g/mol. The van der Waals surface area contributed by atoms with Crippen LogP contribution in [0.1, 0.15) is 54.5 Å². The minimum Gasteiger partial charge on any atom is -0.324 e. The molecule has 1 atom stereocenters. The molecule has 3 nitrogen and oxygen atoms in total. The summed E-state index contributed by atoms with van der Waals surface area (Å²) >= 11 is 0. The Morgan fingerprint density at radius 2 is 1.86 bits per heavy atom. The van der Waals surface area contributed by atoms with Crippen molar-refractivity contribution in [3.8, 4) is 0 Å². The lowest BCUT2D eigenvalue weighted by atomic mass is 9.94. The quantitative estimate of drug-likeness (QED) is 0.689. The van der Waals surface area contributed by atoms with Crippen molar-refractivity contribution in [1.82, 2.24) is 4.90 Å². The Bertz CT molecular complexity index is 846. The van der Waals surface area contributed by atoms with Crippen LogP contribution in [0.25, 0.3) is 0 Å². The molecule has 3 rings (SSSR count). The third kappa shape index (κ3) is 5.18. The van der Waals surface area contributed by atoms with Crippen LogP contribution in [0, 0.1) is 6.92 Å². The molecule has 1 aliphatic heterocycles. The number of carbonyl (C=O) groups excluding carboxylic acids is 1. The minimum absolute atomic E-state index is 0.0423. The van der Waals surface area contributed by atoms with Crippen molar-refractivity contribution in [3.05, 3.63) is 64.7 Å². The number of hydrogen-bond donors (Lipinski definition) is 1. The molecule has 0 bridgehead atoms. The van der Waals surface area contributed by atoms with E-state index in [0.29, 0.717) is 0 Å². The van der Waals surface area contributed by atoms with Crippen LogP contribution in [-0.4, -0.2) is 23.9 Å². The molecular weight excluding hydrogens is 377 g/mol. The van der Waals surface area contributed by atoms with Gasteiger partial charge in [-0.15, -0.1) is 0 Å². The number of aryl methyl sites for hydroxylation is 2. The molecular formula is C23H27F3N2O. The Balaban J connectivity index is 1.73. The maximum Gasteiger partial charge on any atom is 0.416 e. The zero-order valence-corrected chi connectivity index (χ0v) is 16.9. The number of hydrogen-bond acceptors (Lipinski definition) is 2. The van der Waals surface area contributed by atoms with Gasteiger partial charge in [0.15, 0.2) is 0 Å². The minimum atomic E-state index is -4.34. The van der Waals surface area contributed by atoms with Crippen LogP contribution in [0.15, 0.2) is 42.5 Å². The summed E-state index contributed by atoms with van der Waals surface area (Å²) in [6, 6.07) is 11.3. The number of piperidine rings is 1. The van der Waals surface area contributed by atoms with Crippen LogP contribution >= 0.6 is 0 Å². The Hall–Kier alpha value is -2.34. The first-order valence-corrected chi connectivity index (χ1v) is 10.1. The van der Waals surface area contributed by atoms with Gasteiger partial charge in [0.25, 0.3) is 0 Å². The number of halogens is 3. The van der Waals surface area contributed by atoms with E-state index in [1.165, 1.54) is 0 Å². The van der Waals surface area contributed by atoms with Gasteiger partial charge in [-0.2, -0.15) is 13.2 Å². The van der Waals surface area contributed by atoms with E-state index < -0.39 is 11.7 Å². The average Bonchev–Trinajstić information content (AvgIpc) is 2.69. The molecule has 1 amide bonds. The lowest BCUT2D eigenvalue weighted by Gasteiger charge is -2.35. The molecule has 1 N–H and O–H groups in total. The number of para-hydroxylation sites is 1. The lowest BCUT2D eigenvalue weighted by molar-refractivity contribution is -0.137. The van der Waals surface area contributed by atoms with Crippen molar-refractivity contribution < 1.29 is 18.0 Å². The van der Waals surface area contributed by atoms with Crippen LogP contribution in [0.5, 0.6) is 0 Å². The fourth-order valence-corrected chi connectivity index (χ4v) is 4.02. The van der Waals surface area contributed by atoms with E-state index in [9.17, 15) is 18.0 Å². The van der Waals surface area contributed by atoms with Gasteiger partial charge in [-0.3, -0.25) is 9.69 Å². The van der Waals surface area contributed by atoms with E-state index in [-0.39, 0.29) is 18.5 Å². The molecule has 0 aromatic heterocycles. The van der Waals surface area contributed by atoms with Crippen LogP contribution in [0.2, 0.25) is 0 Å². The topological polar surface area (TPSA) is 32.3 Å². The Morgan fingerprint density at radius 1 is 1.14 bits per heavy atom. The van der Waals surface area contributed by atoms with Gasteiger partial charge in [0.1, 0.15) is 0 Å². The van der Waals surface area contributed by atoms with Gasteiger partial charge in [0.05, 0.1) is 12.1 Å². The predicted octanol–water partition coefficient (Wildman–Crippen LogP) is 5.74. The molecule has 1 saturated heterocycles. The highest BCUT2D eigenvalue weighted by atomic mass is 19.4. The van der Waals surface area contributed by atoms with Gasteiger partial charge in [0, 0.05) is 11.7 Å². The van der Waals surface area contributed by atoms with Crippen molar-refractivity contribution in [2.75, 3.05) is 18.4 Å². The molecule has 0 aliphatic carbocycles. The van der Waals surface area contributed by atoms with Gasteiger partial charge in [-0.1, -0.05) is 43.7 Å². The normalized spacial score (nSPS) is 17.9. The molecule has 1 aliphatic rings. The molecule has 29 heavy (non-hydrogen) atoms. The summed E-state index contributed by atoms with van der Waals surface area (Å²) in [6.07, 6.45) is -0.690. The Morgan fingerprint density at radius 3 is 2.52 bits per heavy atom. The van der Waals surface area contributed by atoms with Gasteiger partial charge >= 0.3 is 6.18 Å². The third-order valence-corrected chi connectivity index (χ3v) is 5.59. The van der Waals surface area contributed by atoms with Crippen molar-refractivity contribution in [3.63, 3.8) is 0 Å². The number of alkyl halides is 3. The van der Waals surface area contributed by atoms with E-state index in [1.807, 2.05) is 25.1 Å². The van der Waals surface area contributed by atoms with Crippen LogP contribution < -0.4 is 5.32 Å². The molecule has 1 unspecified atom stereocenters. The predicted molar refractivity (Wildman–Crippen MR) is 109 cm³/mol. The van der Waals surface area contributed by atoms with Gasteiger partial charge in [-0.05, 0) is 61.6 Å². The number of amides is 1. The molecule has 2 aromatic rings. The van der Waals surface area contributed by atoms with Gasteiger partial charge in [-0.25, -0.2) is 0 Å². The summed E-state index contributed by atoms with van der Waals surface area (Å²) in [7, 11) is 0. The number of likely N-dealkylation sites (tertiary alicyclic amines) is 1. The summed E-state index contributed by atoms with van der Waals surface area (Å²) in [5, 5.41) is 3.05. The summed E-state index contributed by atoms with van der Waals surface area (Å²) in [4.78, 5) is 14.8. The van der Waals surface area contributed by atoms with E-state index >= 15 is 0 Å². The van der Waals surface area contributed by atoms with Crippen LogP contribution in [-0.2, 0) is 17.4 Å². The Kier molecular flexibility index (Phi) is 6.63. The maximum absolute atomic E-state index is 12.8. The molecule has 0 radical (unpaired) electrons. The lowest BCUT2D eigenvalue weighted by Crippen LogP contribution is -2.39. The highest BCUT2D eigenvalue weighted by molar-refractivity contribution is 5.93. The number of rotatable bonds is 5. The van der Waals surface area contributed by atoms with E-state index in [2.05, 4.69) is 17.1 Å². The zero-order chi connectivity index (χ0) is 21.0. The van der Waals surface area contributed by atoms with Crippen molar-refractivity contribution in [2.24, 2.45) is 0 Å². The highest BCUT2D eigenvalue weighted by Gasteiger charge is 2.31. The second-order valence-corrected chi connectivity index (χ2v) is 7.61. The molecule has 1 heterocycles. The Labute approximate surface area is 169 Å². The van der Waals surface area contributed by atoms with Crippen molar-refractivity contribution in [1.29, 1.82) is 0 Å². The first kappa shape index (κ1) is 21.4. The molecule has 156 valence electrons. The maximum atomic E-state index is 12.8. The van der Waals surface area contributed by atoms with E-state index in [1.54, 1.807) is 12.1 Å². The molecule has 0 saturated carbocycles. The van der Waals surface area contributed by atoms with E-state index in [0.717, 1.165) is 66.7 Å². The number of benzene rings is 2. The summed E-state index contributed by atoms with van der Waals surface area (Å²) in [6.45, 7) is 5.01.